The van der Waals surface area contributed by atoms with Crippen LogP contribution in [0.4, 0.5) is 5.82 Å². The van der Waals surface area contributed by atoms with E-state index in [0.717, 1.165) is 0 Å². The van der Waals surface area contributed by atoms with E-state index in [-0.39, 0.29) is 12.5 Å². The summed E-state index contributed by atoms with van der Waals surface area (Å²) in [6.07, 6.45) is 3.09. The molecule has 2 heterocycles. The summed E-state index contributed by atoms with van der Waals surface area (Å²) in [4.78, 5) is 19.9. The lowest BCUT2D eigenvalue weighted by Gasteiger charge is -2.04. The summed E-state index contributed by atoms with van der Waals surface area (Å²) in [5.74, 6) is 5.32. The van der Waals surface area contributed by atoms with Crippen LogP contribution in [-0.2, 0) is 0 Å². The molecule has 0 atom stereocenters. The monoisotopic (exact) mass is 253 g/mol. The summed E-state index contributed by atoms with van der Waals surface area (Å²) in [5, 5.41) is 11.3. The highest BCUT2D eigenvalue weighted by molar-refractivity contribution is 6.03. The number of amides is 1. The van der Waals surface area contributed by atoms with E-state index < -0.39 is 0 Å². The predicted octanol–water partition coefficient (Wildman–Crippen LogP) is 1.07. The first-order valence-electron chi connectivity index (χ1n) is 5.58. The average molecular weight is 253 g/mol. The van der Waals surface area contributed by atoms with E-state index in [1.54, 1.807) is 42.7 Å². The summed E-state index contributed by atoms with van der Waals surface area (Å²) in [6.45, 7) is -0.227. The second-order valence-electron chi connectivity index (χ2n) is 3.56. The number of nitrogens with zero attached hydrogens (tertiary/aromatic N) is 2. The van der Waals surface area contributed by atoms with E-state index >= 15 is 0 Å². The quantitative estimate of drug-likeness (QED) is 0.785. The first-order valence-corrected chi connectivity index (χ1v) is 5.58. The van der Waals surface area contributed by atoms with Crippen LogP contribution < -0.4 is 5.32 Å². The summed E-state index contributed by atoms with van der Waals surface area (Å²) < 4.78 is 0. The molecule has 0 unspecified atom stereocenters. The largest absolute Gasteiger partial charge is 0.384 e. The van der Waals surface area contributed by atoms with Crippen LogP contribution in [0.1, 0.15) is 16.1 Å². The Balaban J connectivity index is 2.13. The Morgan fingerprint density at radius 2 is 2.05 bits per heavy atom. The fourth-order valence-corrected chi connectivity index (χ4v) is 1.40. The van der Waals surface area contributed by atoms with Crippen LogP contribution in [0.15, 0.2) is 42.7 Å². The van der Waals surface area contributed by atoms with Crippen molar-refractivity contribution >= 4 is 11.7 Å². The number of aliphatic hydroxyl groups excluding tert-OH is 1. The Morgan fingerprint density at radius 1 is 1.26 bits per heavy atom. The Labute approximate surface area is 110 Å². The lowest BCUT2D eigenvalue weighted by molar-refractivity contribution is 0.102. The average Bonchev–Trinajstić information content (AvgIpc) is 2.46. The molecule has 0 fully saturated rings. The summed E-state index contributed by atoms with van der Waals surface area (Å²) in [7, 11) is 0. The van der Waals surface area contributed by atoms with Crippen LogP contribution in [0.2, 0.25) is 0 Å². The van der Waals surface area contributed by atoms with Crippen molar-refractivity contribution in [2.24, 2.45) is 0 Å². The highest BCUT2D eigenvalue weighted by Gasteiger charge is 2.05. The molecular weight excluding hydrogens is 242 g/mol. The van der Waals surface area contributed by atoms with Crippen LogP contribution in [0, 0.1) is 11.8 Å². The van der Waals surface area contributed by atoms with Crippen molar-refractivity contribution in [2.75, 3.05) is 11.9 Å². The van der Waals surface area contributed by atoms with Gasteiger partial charge in [-0.15, -0.1) is 0 Å². The lowest BCUT2D eigenvalue weighted by Crippen LogP contribution is -2.13. The first kappa shape index (κ1) is 12.7. The maximum absolute atomic E-state index is 11.9. The molecule has 0 aromatic carbocycles. The van der Waals surface area contributed by atoms with Crippen LogP contribution >= 0.6 is 0 Å². The molecule has 0 bridgehead atoms. The standard InChI is InChI=1S/C14H11N3O2/c18-10-2-4-12-3-1-5-13(16-12)17-14(19)11-6-8-15-9-7-11/h1,3,5-9,18H,10H2,(H,16,17,19). The van der Waals surface area contributed by atoms with Crippen molar-refractivity contribution in [3.8, 4) is 11.8 Å². The van der Waals surface area contributed by atoms with Gasteiger partial charge in [0.05, 0.1) is 0 Å². The molecule has 0 spiro atoms. The molecule has 0 saturated carbocycles. The number of nitrogens with one attached hydrogen (secondary N) is 1. The van der Waals surface area contributed by atoms with Gasteiger partial charge in [-0.2, -0.15) is 0 Å². The molecule has 2 N–H and O–H groups in total. The molecule has 2 aromatic rings. The molecule has 94 valence electrons. The van der Waals surface area contributed by atoms with Gasteiger partial charge in [0.1, 0.15) is 18.1 Å². The Morgan fingerprint density at radius 3 is 2.79 bits per heavy atom. The Kier molecular flexibility index (Phi) is 4.21. The molecule has 2 rings (SSSR count). The smallest absolute Gasteiger partial charge is 0.256 e. The van der Waals surface area contributed by atoms with Crippen molar-refractivity contribution in [2.45, 2.75) is 0 Å². The molecule has 0 aliphatic carbocycles. The van der Waals surface area contributed by atoms with Gasteiger partial charge < -0.3 is 10.4 Å². The van der Waals surface area contributed by atoms with E-state index in [2.05, 4.69) is 27.1 Å². The van der Waals surface area contributed by atoms with Crippen molar-refractivity contribution in [3.63, 3.8) is 0 Å². The fraction of sp³-hybridized carbons (Fsp3) is 0.0714. The van der Waals surface area contributed by atoms with Crippen molar-refractivity contribution in [3.05, 3.63) is 54.0 Å². The molecule has 19 heavy (non-hydrogen) atoms. The molecular formula is C14H11N3O2. The first-order chi connectivity index (χ1) is 9.29. The number of rotatable bonds is 2. The number of carbonyl (C=O) groups is 1. The molecule has 5 nitrogen and oxygen atoms in total. The number of pyridine rings is 2. The highest BCUT2D eigenvalue weighted by Crippen LogP contribution is 2.06. The van der Waals surface area contributed by atoms with Gasteiger partial charge in [0.25, 0.3) is 5.91 Å². The zero-order chi connectivity index (χ0) is 13.5. The van der Waals surface area contributed by atoms with Crippen molar-refractivity contribution < 1.29 is 9.90 Å². The summed E-state index contributed by atoms with van der Waals surface area (Å²) in [6, 6.07) is 8.33. The van der Waals surface area contributed by atoms with E-state index in [0.29, 0.717) is 17.1 Å². The molecule has 0 saturated heterocycles. The van der Waals surface area contributed by atoms with E-state index in [1.165, 1.54) is 0 Å². The number of anilines is 1. The number of hydrogen-bond donors (Lipinski definition) is 2. The van der Waals surface area contributed by atoms with Crippen LogP contribution in [0.3, 0.4) is 0 Å². The minimum absolute atomic E-state index is 0.227. The number of carbonyl (C=O) groups excluding carboxylic acids is 1. The van der Waals surface area contributed by atoms with Gasteiger partial charge >= 0.3 is 0 Å². The summed E-state index contributed by atoms with van der Waals surface area (Å²) in [5.41, 5.74) is 0.991. The summed E-state index contributed by atoms with van der Waals surface area (Å²) >= 11 is 0. The molecule has 5 heteroatoms. The number of aromatic nitrogens is 2. The molecule has 0 radical (unpaired) electrons. The Bertz CT molecular complexity index is 630. The zero-order valence-corrected chi connectivity index (χ0v) is 10.00. The molecule has 2 aromatic heterocycles. The number of hydrogen-bond acceptors (Lipinski definition) is 4. The van der Waals surface area contributed by atoms with Gasteiger partial charge in [-0.25, -0.2) is 4.98 Å². The second kappa shape index (κ2) is 6.28. The van der Waals surface area contributed by atoms with Crippen molar-refractivity contribution in [1.82, 2.24) is 9.97 Å². The zero-order valence-electron chi connectivity index (χ0n) is 10.00. The van der Waals surface area contributed by atoms with Gasteiger partial charge in [0.2, 0.25) is 0 Å². The van der Waals surface area contributed by atoms with Crippen LogP contribution in [0.25, 0.3) is 0 Å². The second-order valence-corrected chi connectivity index (χ2v) is 3.56. The van der Waals surface area contributed by atoms with Crippen LogP contribution in [-0.4, -0.2) is 27.6 Å². The molecule has 0 aliphatic heterocycles. The third-order valence-corrected chi connectivity index (χ3v) is 2.23. The predicted molar refractivity (Wildman–Crippen MR) is 70.4 cm³/mol. The van der Waals surface area contributed by atoms with Gasteiger partial charge in [0.15, 0.2) is 0 Å². The number of aliphatic hydroxyl groups is 1. The van der Waals surface area contributed by atoms with Gasteiger partial charge in [0, 0.05) is 18.0 Å². The van der Waals surface area contributed by atoms with Crippen LogP contribution in [0.5, 0.6) is 0 Å². The third kappa shape index (κ3) is 3.63. The normalized spacial score (nSPS) is 9.32. The third-order valence-electron chi connectivity index (χ3n) is 2.23. The highest BCUT2D eigenvalue weighted by atomic mass is 16.2. The Hall–Kier alpha value is -2.71. The molecule has 0 aliphatic rings. The maximum atomic E-state index is 11.9. The minimum atomic E-state index is -0.262. The van der Waals surface area contributed by atoms with E-state index in [1.807, 2.05) is 0 Å². The van der Waals surface area contributed by atoms with Gasteiger partial charge in [-0.1, -0.05) is 12.0 Å². The lowest BCUT2D eigenvalue weighted by atomic mass is 10.2. The molecule has 1 amide bonds. The SMILES string of the molecule is O=C(Nc1cccc(C#CCO)n1)c1ccncc1. The van der Waals surface area contributed by atoms with Crippen molar-refractivity contribution in [1.29, 1.82) is 0 Å². The fourth-order valence-electron chi connectivity index (χ4n) is 1.40. The van der Waals surface area contributed by atoms with E-state index in [9.17, 15) is 4.79 Å². The van der Waals surface area contributed by atoms with E-state index in [4.69, 9.17) is 5.11 Å². The topological polar surface area (TPSA) is 75.1 Å². The maximum Gasteiger partial charge on any atom is 0.256 e. The van der Waals surface area contributed by atoms with Gasteiger partial charge in [-0.3, -0.25) is 9.78 Å². The minimum Gasteiger partial charge on any atom is -0.384 e. The van der Waals surface area contributed by atoms with Gasteiger partial charge in [-0.05, 0) is 30.2 Å².